The normalized spacial score (nSPS) is 16.8. The molecule has 2 heterocycles. The maximum atomic E-state index is 12.6. The summed E-state index contributed by atoms with van der Waals surface area (Å²) in [6, 6.07) is 12.2. The molecular formula is C57H82N2O19S2. The molecule has 2 aliphatic carbocycles. The first-order chi connectivity index (χ1) is 38.2. The maximum absolute atomic E-state index is 12.6. The molecule has 0 spiro atoms. The number of esters is 1. The van der Waals surface area contributed by atoms with E-state index in [0.29, 0.717) is 160 Å². The molecule has 1 fully saturated rings. The van der Waals surface area contributed by atoms with Crippen molar-refractivity contribution in [3.05, 3.63) is 82.6 Å². The van der Waals surface area contributed by atoms with Crippen LogP contribution in [0.4, 0.5) is 5.69 Å². The van der Waals surface area contributed by atoms with E-state index in [1.807, 2.05) is 42.2 Å². The van der Waals surface area contributed by atoms with Crippen LogP contribution in [0.15, 0.2) is 69.6 Å². The molecule has 5 rings (SSSR count). The van der Waals surface area contributed by atoms with Gasteiger partial charge in [-0.3, -0.25) is 18.9 Å². The third-order valence-electron chi connectivity index (χ3n) is 13.6. The van der Waals surface area contributed by atoms with Crippen LogP contribution in [-0.2, 0) is 88.1 Å². The van der Waals surface area contributed by atoms with Crippen LogP contribution in [0.1, 0.15) is 95.9 Å². The van der Waals surface area contributed by atoms with E-state index >= 15 is 0 Å². The van der Waals surface area contributed by atoms with Crippen LogP contribution in [0, 0.1) is 0 Å². The fourth-order valence-electron chi connectivity index (χ4n) is 9.44. The Kier molecular flexibility index (Phi) is 27.1. The number of benzene rings is 2. The Hall–Kier alpha value is -4.76. The first-order valence-electron chi connectivity index (χ1n) is 27.2. The van der Waals surface area contributed by atoms with Gasteiger partial charge in [-0.1, -0.05) is 33.3 Å². The Morgan fingerprint density at radius 2 is 1.32 bits per heavy atom. The number of nitrogens with zero attached hydrogens (tertiary/aromatic N) is 2. The lowest BCUT2D eigenvalue weighted by Crippen LogP contribution is -2.36. The molecule has 4 aliphatic rings. The number of ketones is 2. The SMILES string of the molecule is COCCOCCOCCOCC[N+](CCOCCOCCOCCOC)=c1ccc2c(C(C)(C)C)cc(/C=C/C=C3/N(CCCCCC(=O)OC4C(=O)CCC4=O)c4ccc(S(=O)(=O)[O-])cc4C3(C)CCCS(=O)(=O)O)oc-2c1. The van der Waals surface area contributed by atoms with Crippen molar-refractivity contribution >= 4 is 49.5 Å². The molecule has 23 heteroatoms. The van der Waals surface area contributed by atoms with E-state index in [4.69, 9.17) is 47.0 Å². The zero-order chi connectivity index (χ0) is 58.2. The van der Waals surface area contributed by atoms with Crippen LogP contribution in [0.2, 0.25) is 0 Å². The topological polar surface area (TPSA) is 265 Å². The molecule has 80 heavy (non-hydrogen) atoms. The fourth-order valence-corrected chi connectivity index (χ4v) is 10.4. The lowest BCUT2D eigenvalue weighted by molar-refractivity contribution is -0.157. The van der Waals surface area contributed by atoms with E-state index in [0.717, 1.165) is 16.5 Å². The molecular weight excluding hydrogens is 1080 g/mol. The lowest BCUT2D eigenvalue weighted by atomic mass is 9.77. The molecule has 1 atom stereocenters. The average Bonchev–Trinajstić information content (AvgIpc) is 4.10. The minimum atomic E-state index is -4.90. The second kappa shape index (κ2) is 32.8. The largest absolute Gasteiger partial charge is 0.744 e. The highest BCUT2D eigenvalue weighted by atomic mass is 32.2. The van der Waals surface area contributed by atoms with Crippen LogP contribution >= 0.6 is 0 Å². The molecule has 0 aromatic heterocycles. The second-order valence-electron chi connectivity index (χ2n) is 20.7. The summed E-state index contributed by atoms with van der Waals surface area (Å²) in [6.07, 6.45) is 5.79. The van der Waals surface area contributed by atoms with Gasteiger partial charge >= 0.3 is 5.97 Å². The predicted octanol–water partition coefficient (Wildman–Crippen LogP) is 5.50. The zero-order valence-electron chi connectivity index (χ0n) is 47.2. The van der Waals surface area contributed by atoms with Gasteiger partial charge in [-0.25, -0.2) is 13.0 Å². The number of hydrogen-bond donors (Lipinski definition) is 1. The van der Waals surface area contributed by atoms with Gasteiger partial charge < -0.3 is 56.5 Å². The van der Waals surface area contributed by atoms with Crippen molar-refractivity contribution in [3.63, 3.8) is 0 Å². The molecule has 0 amide bonds. The van der Waals surface area contributed by atoms with Gasteiger partial charge in [0.25, 0.3) is 10.1 Å². The first kappa shape index (κ1) is 66.0. The van der Waals surface area contributed by atoms with Crippen LogP contribution in [0.5, 0.6) is 0 Å². The molecule has 0 bridgehead atoms. The molecule has 0 radical (unpaired) electrons. The summed E-state index contributed by atoms with van der Waals surface area (Å²) in [4.78, 5) is 38.3. The van der Waals surface area contributed by atoms with Crippen molar-refractivity contribution in [1.82, 2.24) is 4.58 Å². The quantitative estimate of drug-likeness (QED) is 0.0244. The third kappa shape index (κ3) is 21.2. The monoisotopic (exact) mass is 1160 g/mol. The van der Waals surface area contributed by atoms with E-state index in [2.05, 4.69) is 31.4 Å². The standard InChI is InChI=1S/C57H82N2O19S2/c1-56(2,3)47-41-44(77-52-40-43(15-17-46(47)52)58(23-25-71-31-33-75-37-35-73-29-27-69-5)24-26-72-32-34-76-38-36-74-30-28-70-6)12-10-13-53-57(4,21-11-39-79(63,64)65)48-42-45(80(66,67)68)16-18-49(48)59(53)22-9-7-8-14-54(62)78-55-50(60)19-20-51(55)61/h10,12-13,15-18,40-42,55H,7-9,11,14,19-39H2,1-6H3,(H-,63,64,65,66,67,68). The Labute approximate surface area is 471 Å². The number of carbonyl (C=O) groups excluding carboxylic acids is 3. The van der Waals surface area contributed by atoms with E-state index in [-0.39, 0.29) is 37.5 Å². The lowest BCUT2D eigenvalue weighted by Gasteiger charge is -2.30. The van der Waals surface area contributed by atoms with Gasteiger partial charge in [0.15, 0.2) is 24.7 Å². The number of carbonyl (C=O) groups is 3. The van der Waals surface area contributed by atoms with Crippen molar-refractivity contribution < 1.29 is 87.4 Å². The van der Waals surface area contributed by atoms with Gasteiger partial charge in [0.2, 0.25) is 11.5 Å². The van der Waals surface area contributed by atoms with E-state index < -0.39 is 59.9 Å². The minimum absolute atomic E-state index is 0.000753. The summed E-state index contributed by atoms with van der Waals surface area (Å²) < 4.78 is 129. The van der Waals surface area contributed by atoms with Crippen molar-refractivity contribution in [1.29, 1.82) is 0 Å². The van der Waals surface area contributed by atoms with E-state index in [9.17, 15) is 40.3 Å². The van der Waals surface area contributed by atoms with E-state index in [1.165, 1.54) is 12.1 Å². The summed E-state index contributed by atoms with van der Waals surface area (Å²) in [5.41, 5.74) is 2.29. The second-order valence-corrected chi connectivity index (χ2v) is 23.6. The summed E-state index contributed by atoms with van der Waals surface area (Å²) in [5.74, 6) is -0.864. The van der Waals surface area contributed by atoms with E-state index in [1.54, 1.807) is 26.4 Å². The smallest absolute Gasteiger partial charge is 0.306 e. The number of anilines is 1. The zero-order valence-corrected chi connectivity index (χ0v) is 48.9. The number of methoxy groups -OCH3 is 2. The maximum Gasteiger partial charge on any atom is 0.306 e. The number of unbranched alkanes of at least 4 members (excludes halogenated alkanes) is 2. The van der Waals surface area contributed by atoms with Gasteiger partial charge in [-0.05, 0) is 91.6 Å². The highest BCUT2D eigenvalue weighted by Crippen LogP contribution is 2.51. The molecule has 2 aliphatic heterocycles. The Morgan fingerprint density at radius 1 is 0.762 bits per heavy atom. The van der Waals surface area contributed by atoms with Crippen LogP contribution in [0.3, 0.4) is 0 Å². The van der Waals surface area contributed by atoms with Gasteiger partial charge in [-0.2, -0.15) is 8.42 Å². The molecule has 21 nitrogen and oxygen atoms in total. The van der Waals surface area contributed by atoms with Crippen molar-refractivity contribution in [2.45, 2.75) is 101 Å². The number of allylic oxidation sites excluding steroid dienone is 3. The number of rotatable bonds is 38. The molecule has 1 aromatic carbocycles. The average molecular weight is 1160 g/mol. The van der Waals surface area contributed by atoms with Gasteiger partial charge in [0.1, 0.15) is 34.9 Å². The Bertz CT molecular complexity index is 2760. The highest BCUT2D eigenvalue weighted by Gasteiger charge is 2.43. The summed E-state index contributed by atoms with van der Waals surface area (Å²) >= 11 is 0. The number of hydrogen-bond acceptors (Lipinski definition) is 19. The summed E-state index contributed by atoms with van der Waals surface area (Å²) in [6.45, 7) is 15.9. The Balaban J connectivity index is 1.44. The van der Waals surface area contributed by atoms with Crippen LogP contribution < -0.4 is 14.8 Å². The van der Waals surface area contributed by atoms with Crippen molar-refractivity contribution in [3.8, 4) is 11.3 Å². The number of Topliss-reactive ketones (excluding diaryl/α,β-unsaturated/α-hetero) is 2. The van der Waals surface area contributed by atoms with Gasteiger partial charge in [0, 0.05) is 68.5 Å². The molecule has 1 aromatic rings. The molecule has 1 N–H and O–H groups in total. The third-order valence-corrected chi connectivity index (χ3v) is 15.2. The molecule has 1 saturated carbocycles. The minimum Gasteiger partial charge on any atom is -0.744 e. The summed E-state index contributed by atoms with van der Waals surface area (Å²) in [5, 5.41) is 0.876. The van der Waals surface area contributed by atoms with Crippen molar-refractivity contribution in [2.24, 2.45) is 0 Å². The number of fused-ring (bicyclic) bond motifs is 2. The Morgan fingerprint density at radius 3 is 1.86 bits per heavy atom. The van der Waals surface area contributed by atoms with Crippen LogP contribution in [0.25, 0.3) is 17.4 Å². The number of ether oxygens (including phenoxy) is 9. The molecule has 1 unspecified atom stereocenters. The molecule has 0 saturated heterocycles. The first-order valence-corrected chi connectivity index (χ1v) is 30.3. The highest BCUT2D eigenvalue weighted by molar-refractivity contribution is 7.86. The van der Waals surface area contributed by atoms with Gasteiger partial charge in [0.05, 0.1) is 96.0 Å². The molecule has 446 valence electrons. The van der Waals surface area contributed by atoms with Gasteiger partial charge in [-0.15, -0.1) is 0 Å². The van der Waals surface area contributed by atoms with Crippen molar-refractivity contribution in [2.75, 3.05) is 137 Å². The fraction of sp³-hybridized carbons (Fsp3) is 0.614. The van der Waals surface area contributed by atoms with Crippen LogP contribution in [-0.4, -0.2) is 182 Å². The summed E-state index contributed by atoms with van der Waals surface area (Å²) in [7, 11) is -6.02. The predicted molar refractivity (Wildman–Crippen MR) is 297 cm³/mol.